The summed E-state index contributed by atoms with van der Waals surface area (Å²) in [6.45, 7) is 0.377. The van der Waals surface area contributed by atoms with Gasteiger partial charge in [0.05, 0.1) is 0 Å². The summed E-state index contributed by atoms with van der Waals surface area (Å²) in [4.78, 5) is 25.9. The Hall–Kier alpha value is -2.33. The fraction of sp³-hybridized carbons (Fsp3) is 0.222. The molecule has 0 atom stereocenters. The number of carbonyl (C=O) groups is 2. The first-order valence-corrected chi connectivity index (χ1v) is 7.91. The Morgan fingerprint density at radius 3 is 2.65 bits per heavy atom. The number of para-hydroxylation sites is 1. The van der Waals surface area contributed by atoms with Gasteiger partial charge in [-0.25, -0.2) is 0 Å². The van der Waals surface area contributed by atoms with Crippen molar-refractivity contribution in [3.8, 4) is 0 Å². The van der Waals surface area contributed by atoms with Crippen LogP contribution >= 0.6 is 11.6 Å². The summed E-state index contributed by atoms with van der Waals surface area (Å²) in [5.41, 5.74) is 2.79. The van der Waals surface area contributed by atoms with E-state index in [1.807, 2.05) is 42.5 Å². The molecule has 5 heteroatoms. The van der Waals surface area contributed by atoms with Gasteiger partial charge in [-0.1, -0.05) is 48.0 Å². The van der Waals surface area contributed by atoms with Crippen molar-refractivity contribution in [2.45, 2.75) is 19.4 Å². The minimum Gasteiger partial charge on any atom is -0.350 e. The van der Waals surface area contributed by atoms with Gasteiger partial charge in [0.25, 0.3) is 0 Å². The lowest BCUT2D eigenvalue weighted by Gasteiger charge is -2.28. The third kappa shape index (κ3) is 3.54. The van der Waals surface area contributed by atoms with E-state index in [1.54, 1.807) is 11.0 Å². The lowest BCUT2D eigenvalue weighted by atomic mass is 10.0. The van der Waals surface area contributed by atoms with Gasteiger partial charge in [0.1, 0.15) is 6.54 Å². The van der Waals surface area contributed by atoms with Gasteiger partial charge >= 0.3 is 0 Å². The topological polar surface area (TPSA) is 49.4 Å². The average Bonchev–Trinajstić information content (AvgIpc) is 2.57. The van der Waals surface area contributed by atoms with Crippen LogP contribution in [0.5, 0.6) is 0 Å². The number of aryl methyl sites for hydroxylation is 1. The Bertz CT molecular complexity index is 745. The van der Waals surface area contributed by atoms with Crippen LogP contribution in [0.1, 0.15) is 17.5 Å². The number of halogens is 1. The van der Waals surface area contributed by atoms with Crippen LogP contribution in [-0.4, -0.2) is 18.4 Å². The number of amides is 2. The van der Waals surface area contributed by atoms with E-state index in [1.165, 1.54) is 0 Å². The van der Waals surface area contributed by atoms with E-state index in [4.69, 9.17) is 11.6 Å². The summed E-state index contributed by atoms with van der Waals surface area (Å²) in [5.74, 6) is -0.216. The van der Waals surface area contributed by atoms with E-state index in [0.717, 1.165) is 23.2 Å². The second-order valence-corrected chi connectivity index (χ2v) is 5.88. The summed E-state index contributed by atoms with van der Waals surface area (Å²) >= 11 is 6.07. The number of hydrogen-bond acceptors (Lipinski definition) is 2. The highest BCUT2D eigenvalue weighted by molar-refractivity contribution is 6.31. The zero-order valence-electron chi connectivity index (χ0n) is 12.6. The first-order valence-electron chi connectivity index (χ1n) is 7.53. The molecule has 23 heavy (non-hydrogen) atoms. The smallest absolute Gasteiger partial charge is 0.240 e. The zero-order valence-corrected chi connectivity index (χ0v) is 13.3. The van der Waals surface area contributed by atoms with E-state index in [2.05, 4.69) is 5.32 Å². The number of hydrogen-bond donors (Lipinski definition) is 1. The van der Waals surface area contributed by atoms with Gasteiger partial charge in [-0.2, -0.15) is 0 Å². The van der Waals surface area contributed by atoms with Crippen LogP contribution in [0.15, 0.2) is 48.5 Å². The van der Waals surface area contributed by atoms with E-state index in [-0.39, 0.29) is 18.4 Å². The molecule has 2 aromatic carbocycles. The lowest BCUT2D eigenvalue weighted by molar-refractivity contribution is -0.124. The number of carbonyl (C=O) groups excluding carboxylic acids is 2. The van der Waals surface area contributed by atoms with Crippen LogP contribution in [0, 0.1) is 0 Å². The minimum absolute atomic E-state index is 0.0170. The van der Waals surface area contributed by atoms with Crippen LogP contribution < -0.4 is 10.2 Å². The van der Waals surface area contributed by atoms with Crippen LogP contribution in [-0.2, 0) is 22.6 Å². The van der Waals surface area contributed by atoms with Gasteiger partial charge in [0.15, 0.2) is 0 Å². The second kappa shape index (κ2) is 6.84. The molecule has 0 saturated heterocycles. The van der Waals surface area contributed by atoms with Crippen molar-refractivity contribution < 1.29 is 9.59 Å². The molecule has 0 aliphatic carbocycles. The Balaban J connectivity index is 1.66. The maximum atomic E-state index is 12.2. The number of benzene rings is 2. The SMILES string of the molecule is O=C(CN1C(=O)CCc2ccccc21)NCc1ccccc1Cl. The number of fused-ring (bicyclic) bond motifs is 1. The van der Waals surface area contributed by atoms with Crippen LogP contribution in [0.25, 0.3) is 0 Å². The first-order chi connectivity index (χ1) is 11.1. The highest BCUT2D eigenvalue weighted by Crippen LogP contribution is 2.27. The third-order valence-electron chi connectivity index (χ3n) is 3.93. The normalized spacial score (nSPS) is 13.6. The fourth-order valence-corrected chi connectivity index (χ4v) is 2.91. The maximum Gasteiger partial charge on any atom is 0.240 e. The van der Waals surface area contributed by atoms with Crippen molar-refractivity contribution in [1.29, 1.82) is 0 Å². The molecule has 0 fully saturated rings. The van der Waals surface area contributed by atoms with Crippen molar-refractivity contribution in [1.82, 2.24) is 5.32 Å². The molecule has 2 amide bonds. The number of rotatable bonds is 4. The highest BCUT2D eigenvalue weighted by atomic mass is 35.5. The molecular formula is C18H17ClN2O2. The molecule has 1 N–H and O–H groups in total. The number of nitrogens with zero attached hydrogens (tertiary/aromatic N) is 1. The molecular weight excluding hydrogens is 312 g/mol. The molecule has 1 heterocycles. The molecule has 2 aromatic rings. The Morgan fingerprint density at radius 2 is 1.83 bits per heavy atom. The van der Waals surface area contributed by atoms with Crippen molar-refractivity contribution in [2.75, 3.05) is 11.4 Å². The summed E-state index contributed by atoms with van der Waals surface area (Å²) < 4.78 is 0. The first kappa shape index (κ1) is 15.6. The second-order valence-electron chi connectivity index (χ2n) is 5.48. The highest BCUT2D eigenvalue weighted by Gasteiger charge is 2.25. The summed E-state index contributed by atoms with van der Waals surface area (Å²) in [7, 11) is 0. The van der Waals surface area contributed by atoms with Gasteiger partial charge < -0.3 is 10.2 Å². The van der Waals surface area contributed by atoms with Gasteiger partial charge in [0.2, 0.25) is 11.8 Å². The summed E-state index contributed by atoms with van der Waals surface area (Å²) in [5, 5.41) is 3.44. The van der Waals surface area contributed by atoms with Crippen LogP contribution in [0.3, 0.4) is 0 Å². The zero-order chi connectivity index (χ0) is 16.2. The lowest BCUT2D eigenvalue weighted by Crippen LogP contribution is -2.42. The third-order valence-corrected chi connectivity index (χ3v) is 4.30. The molecule has 3 rings (SSSR count). The Morgan fingerprint density at radius 1 is 1.09 bits per heavy atom. The van der Waals surface area contributed by atoms with Crippen LogP contribution in [0.2, 0.25) is 5.02 Å². The molecule has 1 aliphatic heterocycles. The van der Waals surface area contributed by atoms with Crippen molar-refractivity contribution >= 4 is 29.1 Å². The van der Waals surface area contributed by atoms with E-state index < -0.39 is 0 Å². The Kier molecular flexibility index (Phi) is 4.63. The van der Waals surface area contributed by atoms with Gasteiger partial charge in [-0.15, -0.1) is 0 Å². The van der Waals surface area contributed by atoms with Crippen LogP contribution in [0.4, 0.5) is 5.69 Å². The van der Waals surface area contributed by atoms with Crippen molar-refractivity contribution in [2.24, 2.45) is 0 Å². The number of anilines is 1. The maximum absolute atomic E-state index is 12.2. The largest absolute Gasteiger partial charge is 0.350 e. The minimum atomic E-state index is -0.199. The number of nitrogens with one attached hydrogen (secondary N) is 1. The van der Waals surface area contributed by atoms with E-state index in [0.29, 0.717) is 18.0 Å². The molecule has 0 unspecified atom stereocenters. The standard InChI is InChI=1S/C18H17ClN2O2/c19-15-7-3-1-6-14(15)11-20-17(22)12-21-16-8-4-2-5-13(16)9-10-18(21)23/h1-8H,9-12H2,(H,20,22). The predicted molar refractivity (Wildman–Crippen MR) is 90.4 cm³/mol. The van der Waals surface area contributed by atoms with Gasteiger partial charge in [-0.3, -0.25) is 9.59 Å². The Labute approximate surface area is 140 Å². The molecule has 1 aliphatic rings. The predicted octanol–water partition coefficient (Wildman–Crippen LogP) is 2.94. The van der Waals surface area contributed by atoms with E-state index in [9.17, 15) is 9.59 Å². The molecule has 0 aromatic heterocycles. The molecule has 0 radical (unpaired) electrons. The van der Waals surface area contributed by atoms with Crippen molar-refractivity contribution in [3.63, 3.8) is 0 Å². The molecule has 118 valence electrons. The van der Waals surface area contributed by atoms with Gasteiger partial charge in [0, 0.05) is 23.7 Å². The quantitative estimate of drug-likeness (QED) is 0.938. The monoisotopic (exact) mass is 328 g/mol. The molecule has 0 spiro atoms. The molecule has 0 saturated carbocycles. The summed E-state index contributed by atoms with van der Waals surface area (Å²) in [6.07, 6.45) is 1.17. The summed E-state index contributed by atoms with van der Waals surface area (Å²) in [6, 6.07) is 15.1. The average molecular weight is 329 g/mol. The van der Waals surface area contributed by atoms with Crippen molar-refractivity contribution in [3.05, 3.63) is 64.7 Å². The fourth-order valence-electron chi connectivity index (χ4n) is 2.70. The molecule has 4 nitrogen and oxygen atoms in total. The van der Waals surface area contributed by atoms with Gasteiger partial charge in [-0.05, 0) is 29.7 Å². The van der Waals surface area contributed by atoms with E-state index >= 15 is 0 Å². The molecule has 0 bridgehead atoms.